The summed E-state index contributed by atoms with van der Waals surface area (Å²) in [7, 11) is 1.77. The van der Waals surface area contributed by atoms with Crippen molar-refractivity contribution in [2.75, 3.05) is 13.7 Å². The van der Waals surface area contributed by atoms with E-state index in [1.807, 2.05) is 0 Å². The van der Waals surface area contributed by atoms with Gasteiger partial charge in [-0.15, -0.1) is 0 Å². The fraction of sp³-hybridized carbons (Fsp3) is 0.667. The van der Waals surface area contributed by atoms with Gasteiger partial charge >= 0.3 is 0 Å². The van der Waals surface area contributed by atoms with E-state index in [2.05, 4.69) is 53.3 Å². The summed E-state index contributed by atoms with van der Waals surface area (Å²) in [6, 6.07) is 7.00. The molecule has 1 aromatic carbocycles. The van der Waals surface area contributed by atoms with E-state index >= 15 is 0 Å². The highest BCUT2D eigenvalue weighted by Gasteiger charge is 2.28. The summed E-state index contributed by atoms with van der Waals surface area (Å²) in [5.41, 5.74) is 1.33. The van der Waals surface area contributed by atoms with E-state index in [-0.39, 0.29) is 0 Å². The number of ether oxygens (including phenoxy) is 1. The van der Waals surface area contributed by atoms with Crippen LogP contribution in [-0.4, -0.2) is 19.7 Å². The number of rotatable bonds is 6. The molecule has 1 aliphatic rings. The van der Waals surface area contributed by atoms with Crippen LogP contribution in [0.4, 0.5) is 0 Å². The van der Waals surface area contributed by atoms with Crippen LogP contribution in [-0.2, 0) is 6.42 Å². The summed E-state index contributed by atoms with van der Waals surface area (Å²) < 4.78 is 6.68. The fourth-order valence-electron chi connectivity index (χ4n) is 3.51. The lowest BCUT2D eigenvalue weighted by molar-refractivity contribution is 0.211. The highest BCUT2D eigenvalue weighted by Crippen LogP contribution is 2.34. The van der Waals surface area contributed by atoms with Crippen LogP contribution in [0.5, 0.6) is 5.75 Å². The molecule has 1 N–H and O–H groups in total. The second kappa shape index (κ2) is 8.19. The van der Waals surface area contributed by atoms with Crippen LogP contribution in [0.1, 0.15) is 45.1 Å². The van der Waals surface area contributed by atoms with Crippen LogP contribution in [0.15, 0.2) is 22.7 Å². The Hall–Kier alpha value is -0.540. The molecule has 0 saturated heterocycles. The topological polar surface area (TPSA) is 21.3 Å². The number of benzene rings is 1. The Morgan fingerprint density at radius 3 is 2.86 bits per heavy atom. The van der Waals surface area contributed by atoms with E-state index in [9.17, 15) is 0 Å². The lowest BCUT2D eigenvalue weighted by atomic mass is 9.76. The van der Waals surface area contributed by atoms with Gasteiger partial charge in [-0.25, -0.2) is 0 Å². The molecule has 0 bridgehead atoms. The number of hydrogen-bond donors (Lipinski definition) is 1. The Kier molecular flexibility index (Phi) is 6.56. The van der Waals surface area contributed by atoms with Crippen molar-refractivity contribution in [3.63, 3.8) is 0 Å². The summed E-state index contributed by atoms with van der Waals surface area (Å²) in [6.07, 6.45) is 6.29. The molecule has 1 fully saturated rings. The first-order valence-corrected chi connectivity index (χ1v) is 8.99. The molecule has 2 rings (SSSR count). The maximum atomic E-state index is 5.54. The Morgan fingerprint density at radius 2 is 2.14 bits per heavy atom. The molecular formula is C18H28BrNO. The van der Waals surface area contributed by atoms with Crippen LogP contribution in [0.25, 0.3) is 0 Å². The Bertz CT molecular complexity index is 447. The second-order valence-corrected chi connectivity index (χ2v) is 7.31. The third-order valence-electron chi connectivity index (χ3n) is 4.63. The van der Waals surface area contributed by atoms with Crippen molar-refractivity contribution in [3.05, 3.63) is 28.2 Å². The van der Waals surface area contributed by atoms with Crippen molar-refractivity contribution >= 4 is 15.9 Å². The van der Waals surface area contributed by atoms with Gasteiger partial charge in [-0.2, -0.15) is 0 Å². The van der Waals surface area contributed by atoms with Gasteiger partial charge in [0, 0.05) is 10.5 Å². The van der Waals surface area contributed by atoms with Gasteiger partial charge in [0.25, 0.3) is 0 Å². The zero-order valence-corrected chi connectivity index (χ0v) is 15.1. The summed E-state index contributed by atoms with van der Waals surface area (Å²) >= 11 is 3.59. The Balaban J connectivity index is 2.11. The van der Waals surface area contributed by atoms with Gasteiger partial charge in [0.05, 0.1) is 7.11 Å². The fourth-order valence-corrected chi connectivity index (χ4v) is 3.92. The molecular weight excluding hydrogens is 326 g/mol. The number of halogens is 1. The molecule has 2 nitrogen and oxygen atoms in total. The number of hydrogen-bond acceptors (Lipinski definition) is 2. The molecule has 0 spiro atoms. The van der Waals surface area contributed by atoms with Gasteiger partial charge in [0.1, 0.15) is 5.75 Å². The molecule has 21 heavy (non-hydrogen) atoms. The molecule has 3 unspecified atom stereocenters. The van der Waals surface area contributed by atoms with Gasteiger partial charge in [0.2, 0.25) is 0 Å². The van der Waals surface area contributed by atoms with Crippen molar-refractivity contribution in [1.82, 2.24) is 5.32 Å². The van der Waals surface area contributed by atoms with Crippen molar-refractivity contribution in [2.24, 2.45) is 11.8 Å². The minimum Gasteiger partial charge on any atom is -0.496 e. The summed E-state index contributed by atoms with van der Waals surface area (Å²) in [6.45, 7) is 5.76. The maximum absolute atomic E-state index is 5.54. The van der Waals surface area contributed by atoms with Crippen molar-refractivity contribution in [2.45, 2.75) is 52.0 Å². The number of methoxy groups -OCH3 is 1. The summed E-state index contributed by atoms with van der Waals surface area (Å²) in [5.74, 6) is 2.57. The Morgan fingerprint density at radius 1 is 1.33 bits per heavy atom. The SMILES string of the molecule is CCCNC1CCC(C)CC1Cc1cc(Br)ccc1OC. The van der Waals surface area contributed by atoms with Crippen LogP contribution in [0.3, 0.4) is 0 Å². The molecule has 0 radical (unpaired) electrons. The second-order valence-electron chi connectivity index (χ2n) is 6.40. The molecule has 0 aliphatic heterocycles. The largest absolute Gasteiger partial charge is 0.496 e. The summed E-state index contributed by atoms with van der Waals surface area (Å²) in [5, 5.41) is 3.76. The molecule has 0 aromatic heterocycles. The highest BCUT2D eigenvalue weighted by molar-refractivity contribution is 9.10. The molecule has 0 heterocycles. The predicted molar refractivity (Wildman–Crippen MR) is 93.0 cm³/mol. The van der Waals surface area contributed by atoms with Gasteiger partial charge in [-0.3, -0.25) is 0 Å². The van der Waals surface area contributed by atoms with Gasteiger partial charge in [-0.1, -0.05) is 29.8 Å². The van der Waals surface area contributed by atoms with E-state index in [0.29, 0.717) is 12.0 Å². The monoisotopic (exact) mass is 353 g/mol. The molecule has 1 aromatic rings. The standard InChI is InChI=1S/C18H28BrNO/c1-4-9-20-17-7-5-13(2)10-14(17)11-15-12-16(19)6-8-18(15)21-3/h6,8,12-14,17,20H,4-5,7,9-11H2,1-3H3. The third kappa shape index (κ3) is 4.72. The van der Waals surface area contributed by atoms with Crippen molar-refractivity contribution < 1.29 is 4.74 Å². The lowest BCUT2D eigenvalue weighted by Gasteiger charge is -2.36. The van der Waals surface area contributed by atoms with Crippen LogP contribution in [0, 0.1) is 11.8 Å². The Labute approximate surface area is 137 Å². The quantitative estimate of drug-likeness (QED) is 0.792. The minimum atomic E-state index is 0.657. The van der Waals surface area contributed by atoms with E-state index in [0.717, 1.165) is 29.1 Å². The average Bonchev–Trinajstić information content (AvgIpc) is 2.47. The van der Waals surface area contributed by atoms with E-state index < -0.39 is 0 Å². The first kappa shape index (κ1) is 16.8. The predicted octanol–water partition coefficient (Wildman–Crippen LogP) is 4.80. The average molecular weight is 354 g/mol. The minimum absolute atomic E-state index is 0.657. The zero-order chi connectivity index (χ0) is 15.2. The number of nitrogens with one attached hydrogen (secondary N) is 1. The molecule has 1 aliphatic carbocycles. The van der Waals surface area contributed by atoms with E-state index in [4.69, 9.17) is 4.74 Å². The molecule has 1 saturated carbocycles. The van der Waals surface area contributed by atoms with Crippen LogP contribution in [0.2, 0.25) is 0 Å². The normalized spacial score (nSPS) is 25.8. The van der Waals surface area contributed by atoms with Gasteiger partial charge in [0.15, 0.2) is 0 Å². The lowest BCUT2D eigenvalue weighted by Crippen LogP contribution is -2.41. The van der Waals surface area contributed by atoms with Crippen LogP contribution >= 0.6 is 15.9 Å². The third-order valence-corrected chi connectivity index (χ3v) is 5.12. The zero-order valence-electron chi connectivity index (χ0n) is 13.5. The summed E-state index contributed by atoms with van der Waals surface area (Å²) in [4.78, 5) is 0. The van der Waals surface area contributed by atoms with Crippen molar-refractivity contribution in [3.8, 4) is 5.75 Å². The van der Waals surface area contributed by atoms with E-state index in [1.165, 1.54) is 31.2 Å². The maximum Gasteiger partial charge on any atom is 0.122 e. The van der Waals surface area contributed by atoms with Crippen molar-refractivity contribution in [1.29, 1.82) is 0 Å². The molecule has 3 heteroatoms. The smallest absolute Gasteiger partial charge is 0.122 e. The first-order valence-electron chi connectivity index (χ1n) is 8.19. The first-order chi connectivity index (χ1) is 10.1. The molecule has 118 valence electrons. The van der Waals surface area contributed by atoms with Crippen LogP contribution < -0.4 is 10.1 Å². The van der Waals surface area contributed by atoms with Gasteiger partial charge in [-0.05, 0) is 74.2 Å². The highest BCUT2D eigenvalue weighted by atomic mass is 79.9. The van der Waals surface area contributed by atoms with E-state index in [1.54, 1.807) is 7.11 Å². The molecule has 0 amide bonds. The molecule has 3 atom stereocenters. The van der Waals surface area contributed by atoms with Gasteiger partial charge < -0.3 is 10.1 Å².